The van der Waals surface area contributed by atoms with Crippen molar-refractivity contribution in [2.75, 3.05) is 31.6 Å². The first kappa shape index (κ1) is 12.4. The maximum absolute atomic E-state index is 11.1. The molecule has 4 heteroatoms. The maximum atomic E-state index is 11.1. The van der Waals surface area contributed by atoms with Crippen LogP contribution in [0.5, 0.6) is 0 Å². The fraction of sp³-hybridized carbons (Fsp3) is 0.462. The van der Waals surface area contributed by atoms with Crippen molar-refractivity contribution >= 4 is 23.6 Å². The van der Waals surface area contributed by atoms with Gasteiger partial charge in [0, 0.05) is 31.4 Å². The van der Waals surface area contributed by atoms with Crippen LogP contribution in [0.2, 0.25) is 5.02 Å². The van der Waals surface area contributed by atoms with Gasteiger partial charge in [-0.05, 0) is 26.1 Å². The van der Waals surface area contributed by atoms with Crippen LogP contribution in [0.15, 0.2) is 18.2 Å². The van der Waals surface area contributed by atoms with Crippen LogP contribution in [-0.4, -0.2) is 43.9 Å². The van der Waals surface area contributed by atoms with Gasteiger partial charge in [0.1, 0.15) is 0 Å². The topological polar surface area (TPSA) is 23.6 Å². The second kappa shape index (κ2) is 5.07. The highest BCUT2D eigenvalue weighted by Crippen LogP contribution is 2.28. The molecule has 0 saturated carbocycles. The monoisotopic (exact) mass is 252 g/mol. The lowest BCUT2D eigenvalue weighted by Crippen LogP contribution is -2.50. The minimum atomic E-state index is 0.394. The van der Waals surface area contributed by atoms with E-state index < -0.39 is 0 Å². The van der Waals surface area contributed by atoms with Gasteiger partial charge in [-0.25, -0.2) is 0 Å². The third-order valence-electron chi connectivity index (χ3n) is 3.29. The highest BCUT2D eigenvalue weighted by molar-refractivity contribution is 6.33. The summed E-state index contributed by atoms with van der Waals surface area (Å²) in [5.41, 5.74) is 1.55. The van der Waals surface area contributed by atoms with Crippen molar-refractivity contribution in [2.24, 2.45) is 0 Å². The summed E-state index contributed by atoms with van der Waals surface area (Å²) < 4.78 is 0. The standard InChI is InChI=1S/C13H17ClN2O/c1-10-8-15(2)6-7-16(10)13-5-3-4-12(14)11(13)9-17/h3-5,9-10H,6-8H2,1-2H3. The predicted octanol–water partition coefficient (Wildman–Crippen LogP) is 2.29. The molecule has 1 atom stereocenters. The number of anilines is 1. The third-order valence-corrected chi connectivity index (χ3v) is 3.62. The number of hydrogen-bond acceptors (Lipinski definition) is 3. The zero-order chi connectivity index (χ0) is 12.4. The van der Waals surface area contributed by atoms with Gasteiger partial charge in [-0.2, -0.15) is 0 Å². The molecule has 92 valence electrons. The Morgan fingerprint density at radius 1 is 1.41 bits per heavy atom. The van der Waals surface area contributed by atoms with E-state index in [1.807, 2.05) is 12.1 Å². The van der Waals surface area contributed by atoms with Crippen molar-refractivity contribution in [1.82, 2.24) is 4.90 Å². The van der Waals surface area contributed by atoms with E-state index in [1.54, 1.807) is 6.07 Å². The second-order valence-corrected chi connectivity index (χ2v) is 5.00. The first-order valence-corrected chi connectivity index (χ1v) is 6.20. The molecule has 0 radical (unpaired) electrons. The molecular weight excluding hydrogens is 236 g/mol. The van der Waals surface area contributed by atoms with E-state index in [0.29, 0.717) is 16.6 Å². The molecule has 1 aromatic rings. The molecule has 1 aliphatic rings. The smallest absolute Gasteiger partial charge is 0.153 e. The summed E-state index contributed by atoms with van der Waals surface area (Å²) >= 11 is 6.06. The molecule has 0 aliphatic carbocycles. The first-order chi connectivity index (χ1) is 8.13. The lowest BCUT2D eigenvalue weighted by atomic mass is 10.1. The van der Waals surface area contributed by atoms with Crippen molar-refractivity contribution in [3.63, 3.8) is 0 Å². The lowest BCUT2D eigenvalue weighted by Gasteiger charge is -2.40. The van der Waals surface area contributed by atoms with Gasteiger partial charge in [0.05, 0.1) is 10.6 Å². The lowest BCUT2D eigenvalue weighted by molar-refractivity contribution is 0.112. The molecule has 0 spiro atoms. The van der Waals surface area contributed by atoms with Crippen LogP contribution < -0.4 is 4.90 Å². The Labute approximate surface area is 107 Å². The van der Waals surface area contributed by atoms with E-state index in [1.165, 1.54) is 0 Å². The third kappa shape index (κ3) is 2.45. The molecule has 0 N–H and O–H groups in total. The van der Waals surface area contributed by atoms with Crippen LogP contribution in [0, 0.1) is 0 Å². The zero-order valence-electron chi connectivity index (χ0n) is 10.2. The number of carbonyl (C=O) groups is 1. The SMILES string of the molecule is CC1CN(C)CCN1c1cccc(Cl)c1C=O. The molecule has 1 aliphatic heterocycles. The number of carbonyl (C=O) groups excluding carboxylic acids is 1. The fourth-order valence-corrected chi connectivity index (χ4v) is 2.60. The molecule has 0 amide bonds. The van der Waals surface area contributed by atoms with E-state index in [9.17, 15) is 4.79 Å². The second-order valence-electron chi connectivity index (χ2n) is 4.60. The summed E-state index contributed by atoms with van der Waals surface area (Å²) in [6.45, 7) is 5.12. The van der Waals surface area contributed by atoms with Gasteiger partial charge in [0.15, 0.2) is 6.29 Å². The van der Waals surface area contributed by atoms with Crippen LogP contribution in [0.3, 0.4) is 0 Å². The zero-order valence-corrected chi connectivity index (χ0v) is 10.9. The van der Waals surface area contributed by atoms with E-state index in [2.05, 4.69) is 23.8 Å². The minimum absolute atomic E-state index is 0.394. The largest absolute Gasteiger partial charge is 0.366 e. The Morgan fingerprint density at radius 2 is 2.18 bits per heavy atom. The first-order valence-electron chi connectivity index (χ1n) is 5.82. The molecule has 1 unspecified atom stereocenters. The van der Waals surface area contributed by atoms with Crippen molar-refractivity contribution in [2.45, 2.75) is 13.0 Å². The number of hydrogen-bond donors (Lipinski definition) is 0. The van der Waals surface area contributed by atoms with Gasteiger partial charge in [-0.15, -0.1) is 0 Å². The molecule has 1 fully saturated rings. The summed E-state index contributed by atoms with van der Waals surface area (Å²) in [6, 6.07) is 6.02. The quantitative estimate of drug-likeness (QED) is 0.755. The van der Waals surface area contributed by atoms with E-state index in [0.717, 1.165) is 31.6 Å². The van der Waals surface area contributed by atoms with Crippen LogP contribution in [0.4, 0.5) is 5.69 Å². The summed E-state index contributed by atoms with van der Waals surface area (Å²) in [7, 11) is 2.12. The number of benzene rings is 1. The summed E-state index contributed by atoms with van der Waals surface area (Å²) in [5, 5.41) is 0.531. The number of aldehydes is 1. The Hall–Kier alpha value is -1.06. The molecule has 1 heterocycles. The molecule has 3 nitrogen and oxygen atoms in total. The van der Waals surface area contributed by atoms with Crippen molar-refractivity contribution in [3.05, 3.63) is 28.8 Å². The number of rotatable bonds is 2. The number of piperazine rings is 1. The molecule has 0 aromatic heterocycles. The van der Waals surface area contributed by atoms with Crippen molar-refractivity contribution < 1.29 is 4.79 Å². The molecule has 0 bridgehead atoms. The predicted molar refractivity (Wildman–Crippen MR) is 71.1 cm³/mol. The summed E-state index contributed by atoms with van der Waals surface area (Å²) in [6.07, 6.45) is 0.850. The van der Waals surface area contributed by atoms with Crippen LogP contribution in [-0.2, 0) is 0 Å². The Kier molecular flexibility index (Phi) is 3.69. The van der Waals surface area contributed by atoms with Gasteiger partial charge in [0.2, 0.25) is 0 Å². The Morgan fingerprint density at radius 3 is 2.82 bits per heavy atom. The number of halogens is 1. The Bertz CT molecular complexity index is 422. The van der Waals surface area contributed by atoms with E-state index >= 15 is 0 Å². The van der Waals surface area contributed by atoms with E-state index in [4.69, 9.17) is 11.6 Å². The molecule has 1 aromatic carbocycles. The van der Waals surface area contributed by atoms with Gasteiger partial charge >= 0.3 is 0 Å². The van der Waals surface area contributed by atoms with Gasteiger partial charge in [-0.1, -0.05) is 17.7 Å². The number of nitrogens with zero attached hydrogens (tertiary/aromatic N) is 2. The molecule has 1 saturated heterocycles. The molecular formula is C13H17ClN2O. The maximum Gasteiger partial charge on any atom is 0.153 e. The van der Waals surface area contributed by atoms with Crippen molar-refractivity contribution in [3.8, 4) is 0 Å². The van der Waals surface area contributed by atoms with Crippen molar-refractivity contribution in [1.29, 1.82) is 0 Å². The van der Waals surface area contributed by atoms with Crippen LogP contribution >= 0.6 is 11.6 Å². The average molecular weight is 253 g/mol. The average Bonchev–Trinajstić information content (AvgIpc) is 2.29. The summed E-state index contributed by atoms with van der Waals surface area (Å²) in [5.74, 6) is 0. The summed E-state index contributed by atoms with van der Waals surface area (Å²) in [4.78, 5) is 15.7. The molecule has 17 heavy (non-hydrogen) atoms. The fourth-order valence-electron chi connectivity index (χ4n) is 2.39. The van der Waals surface area contributed by atoms with Crippen LogP contribution in [0.1, 0.15) is 17.3 Å². The normalized spacial score (nSPS) is 21.6. The van der Waals surface area contributed by atoms with Gasteiger partial charge in [-0.3, -0.25) is 4.79 Å². The Balaban J connectivity index is 2.33. The minimum Gasteiger partial charge on any atom is -0.366 e. The molecule has 2 rings (SSSR count). The number of likely N-dealkylation sites (N-methyl/N-ethyl adjacent to an activating group) is 1. The highest BCUT2D eigenvalue weighted by Gasteiger charge is 2.23. The highest BCUT2D eigenvalue weighted by atomic mass is 35.5. The van der Waals surface area contributed by atoms with Gasteiger partial charge in [0.25, 0.3) is 0 Å². The van der Waals surface area contributed by atoms with E-state index in [-0.39, 0.29) is 0 Å². The van der Waals surface area contributed by atoms with Gasteiger partial charge < -0.3 is 9.80 Å². The van der Waals surface area contributed by atoms with Crippen LogP contribution in [0.25, 0.3) is 0 Å².